The average Bonchev–Trinajstić information content (AvgIpc) is 2.30. The third-order valence-electron chi connectivity index (χ3n) is 2.55. The van der Waals surface area contributed by atoms with Gasteiger partial charge in [0.05, 0.1) is 11.4 Å². The predicted molar refractivity (Wildman–Crippen MR) is 78.0 cm³/mol. The maximum atomic E-state index is 5.95. The van der Waals surface area contributed by atoms with Crippen LogP contribution < -0.4 is 11.1 Å². The molecule has 88 valence electrons. The van der Waals surface area contributed by atoms with Gasteiger partial charge in [0.15, 0.2) is 0 Å². The van der Waals surface area contributed by atoms with Crippen LogP contribution in [0.15, 0.2) is 40.9 Å². The molecule has 3 N–H and O–H groups in total. The monoisotopic (exact) mass is 310 g/mol. The van der Waals surface area contributed by atoms with Gasteiger partial charge in [0.1, 0.15) is 0 Å². The first-order chi connectivity index (χ1) is 8.08. The maximum absolute atomic E-state index is 5.95. The van der Waals surface area contributed by atoms with Crippen LogP contribution in [0.1, 0.15) is 5.56 Å². The molecule has 0 unspecified atom stereocenters. The Bertz CT molecular complexity index is 555. The molecule has 0 aliphatic rings. The van der Waals surface area contributed by atoms with Crippen LogP contribution >= 0.6 is 27.5 Å². The van der Waals surface area contributed by atoms with E-state index in [9.17, 15) is 0 Å². The Balaban J connectivity index is 2.38. The Kier molecular flexibility index (Phi) is 3.60. The van der Waals surface area contributed by atoms with Crippen molar-refractivity contribution in [3.8, 4) is 0 Å². The normalized spacial score (nSPS) is 10.3. The minimum Gasteiger partial charge on any atom is -0.397 e. The lowest BCUT2D eigenvalue weighted by Crippen LogP contribution is -1.98. The Morgan fingerprint density at radius 1 is 1.18 bits per heavy atom. The first-order valence-electron chi connectivity index (χ1n) is 5.15. The highest BCUT2D eigenvalue weighted by atomic mass is 79.9. The van der Waals surface area contributed by atoms with Crippen LogP contribution in [0, 0.1) is 6.92 Å². The van der Waals surface area contributed by atoms with Gasteiger partial charge in [-0.25, -0.2) is 0 Å². The third kappa shape index (κ3) is 2.73. The molecule has 2 aromatic carbocycles. The van der Waals surface area contributed by atoms with Gasteiger partial charge in [-0.1, -0.05) is 33.6 Å². The number of hydrogen-bond acceptors (Lipinski definition) is 2. The van der Waals surface area contributed by atoms with Crippen LogP contribution in [0.4, 0.5) is 17.1 Å². The molecule has 0 fully saturated rings. The van der Waals surface area contributed by atoms with Crippen LogP contribution in [0.5, 0.6) is 0 Å². The molecule has 0 atom stereocenters. The lowest BCUT2D eigenvalue weighted by atomic mass is 10.2. The van der Waals surface area contributed by atoms with Crippen LogP contribution in [-0.2, 0) is 0 Å². The molecule has 0 radical (unpaired) electrons. The number of nitrogens with two attached hydrogens (primary N) is 1. The van der Waals surface area contributed by atoms with E-state index in [1.165, 1.54) is 0 Å². The fraction of sp³-hybridized carbons (Fsp3) is 0.0769. The van der Waals surface area contributed by atoms with Crippen molar-refractivity contribution >= 4 is 44.6 Å². The summed E-state index contributed by atoms with van der Waals surface area (Å²) in [6.45, 7) is 2.03. The zero-order valence-corrected chi connectivity index (χ0v) is 11.6. The van der Waals surface area contributed by atoms with Crippen LogP contribution in [0.25, 0.3) is 0 Å². The summed E-state index contributed by atoms with van der Waals surface area (Å²) in [4.78, 5) is 0. The summed E-state index contributed by atoms with van der Waals surface area (Å²) >= 11 is 9.44. The smallest absolute Gasteiger partial charge is 0.0632 e. The molecule has 0 bridgehead atoms. The molecular formula is C13H12BrClN2. The lowest BCUT2D eigenvalue weighted by Gasteiger charge is -2.12. The molecule has 17 heavy (non-hydrogen) atoms. The van der Waals surface area contributed by atoms with Crippen molar-refractivity contribution in [2.45, 2.75) is 6.92 Å². The van der Waals surface area contributed by atoms with E-state index >= 15 is 0 Å². The number of anilines is 3. The molecule has 2 rings (SSSR count). The van der Waals surface area contributed by atoms with E-state index in [0.29, 0.717) is 10.7 Å². The molecule has 0 amide bonds. The molecule has 0 aliphatic carbocycles. The van der Waals surface area contributed by atoms with E-state index in [-0.39, 0.29) is 0 Å². The molecule has 0 aliphatic heterocycles. The van der Waals surface area contributed by atoms with E-state index in [0.717, 1.165) is 21.4 Å². The average molecular weight is 312 g/mol. The minimum absolute atomic E-state index is 0.661. The molecular weight excluding hydrogens is 300 g/mol. The summed E-state index contributed by atoms with van der Waals surface area (Å²) in [5.41, 5.74) is 9.52. The topological polar surface area (TPSA) is 38.0 Å². The quantitative estimate of drug-likeness (QED) is 0.786. The van der Waals surface area contributed by atoms with Gasteiger partial charge in [-0.2, -0.15) is 0 Å². The van der Waals surface area contributed by atoms with Gasteiger partial charge in [0.2, 0.25) is 0 Å². The predicted octanol–water partition coefficient (Wildman–Crippen LogP) is 4.74. The van der Waals surface area contributed by atoms with Gasteiger partial charge in [-0.3, -0.25) is 0 Å². The van der Waals surface area contributed by atoms with Crippen molar-refractivity contribution in [3.63, 3.8) is 0 Å². The first-order valence-corrected chi connectivity index (χ1v) is 6.32. The van der Waals surface area contributed by atoms with E-state index in [4.69, 9.17) is 17.3 Å². The molecule has 2 nitrogen and oxygen atoms in total. The van der Waals surface area contributed by atoms with Crippen LogP contribution in [0.3, 0.4) is 0 Å². The van der Waals surface area contributed by atoms with Gasteiger partial charge >= 0.3 is 0 Å². The van der Waals surface area contributed by atoms with Crippen molar-refractivity contribution in [2.75, 3.05) is 11.1 Å². The fourth-order valence-corrected chi connectivity index (χ4v) is 2.06. The van der Waals surface area contributed by atoms with Gasteiger partial charge in [0.25, 0.3) is 0 Å². The van der Waals surface area contributed by atoms with Crippen molar-refractivity contribution < 1.29 is 0 Å². The number of hydrogen-bond donors (Lipinski definition) is 2. The highest BCUT2D eigenvalue weighted by Crippen LogP contribution is 2.30. The van der Waals surface area contributed by atoms with E-state index in [1.807, 2.05) is 31.2 Å². The molecule has 0 saturated carbocycles. The number of rotatable bonds is 2. The van der Waals surface area contributed by atoms with E-state index in [1.54, 1.807) is 12.1 Å². The molecule has 0 aromatic heterocycles. The number of nitrogen functional groups attached to an aromatic ring is 1. The molecule has 0 heterocycles. The van der Waals surface area contributed by atoms with Gasteiger partial charge in [-0.15, -0.1) is 0 Å². The standard InChI is InChI=1S/C13H12BrClN2/c1-8-10(14)3-2-4-12(8)17-13-7-9(15)5-6-11(13)16/h2-7,17H,16H2,1H3. The van der Waals surface area contributed by atoms with Crippen molar-refractivity contribution in [2.24, 2.45) is 0 Å². The highest BCUT2D eigenvalue weighted by Gasteiger charge is 2.04. The summed E-state index contributed by atoms with van der Waals surface area (Å²) < 4.78 is 1.06. The van der Waals surface area contributed by atoms with E-state index < -0.39 is 0 Å². The summed E-state index contributed by atoms with van der Waals surface area (Å²) in [5.74, 6) is 0. The zero-order chi connectivity index (χ0) is 12.4. The Hall–Kier alpha value is -1.19. The Labute approximate surface area is 114 Å². The van der Waals surface area contributed by atoms with E-state index in [2.05, 4.69) is 21.2 Å². The van der Waals surface area contributed by atoms with Crippen LogP contribution in [0.2, 0.25) is 5.02 Å². The van der Waals surface area contributed by atoms with Crippen molar-refractivity contribution in [1.82, 2.24) is 0 Å². The van der Waals surface area contributed by atoms with Gasteiger partial charge in [0, 0.05) is 15.2 Å². The minimum atomic E-state index is 0.661. The summed E-state index contributed by atoms with van der Waals surface area (Å²) in [6, 6.07) is 11.4. The maximum Gasteiger partial charge on any atom is 0.0632 e. The van der Waals surface area contributed by atoms with Crippen molar-refractivity contribution in [1.29, 1.82) is 0 Å². The van der Waals surface area contributed by atoms with Gasteiger partial charge in [-0.05, 0) is 42.8 Å². The number of nitrogens with one attached hydrogen (secondary N) is 1. The van der Waals surface area contributed by atoms with Gasteiger partial charge < -0.3 is 11.1 Å². The molecule has 2 aromatic rings. The second-order valence-electron chi connectivity index (χ2n) is 3.77. The second kappa shape index (κ2) is 4.98. The van der Waals surface area contributed by atoms with Crippen molar-refractivity contribution in [3.05, 3.63) is 51.5 Å². The fourth-order valence-electron chi connectivity index (χ4n) is 1.52. The van der Waals surface area contributed by atoms with Crippen LogP contribution in [-0.4, -0.2) is 0 Å². The molecule has 4 heteroatoms. The zero-order valence-electron chi connectivity index (χ0n) is 9.30. The largest absolute Gasteiger partial charge is 0.397 e. The Morgan fingerprint density at radius 3 is 2.71 bits per heavy atom. The summed E-state index contributed by atoms with van der Waals surface area (Å²) in [7, 11) is 0. The summed E-state index contributed by atoms with van der Waals surface area (Å²) in [6.07, 6.45) is 0. The first kappa shape index (κ1) is 12.3. The molecule has 0 saturated heterocycles. The highest BCUT2D eigenvalue weighted by molar-refractivity contribution is 9.10. The number of halogens is 2. The Morgan fingerprint density at radius 2 is 1.94 bits per heavy atom. The molecule has 0 spiro atoms. The number of benzene rings is 2. The second-order valence-corrected chi connectivity index (χ2v) is 5.06. The summed E-state index contributed by atoms with van der Waals surface area (Å²) in [5, 5.41) is 3.94. The third-order valence-corrected chi connectivity index (χ3v) is 3.65. The lowest BCUT2D eigenvalue weighted by molar-refractivity contribution is 1.40. The SMILES string of the molecule is Cc1c(Br)cccc1Nc1cc(Cl)ccc1N.